The lowest BCUT2D eigenvalue weighted by molar-refractivity contribution is -0.142. The first-order chi connectivity index (χ1) is 8.12. The fourth-order valence-corrected chi connectivity index (χ4v) is 1.92. The number of alkyl halides is 1. The van der Waals surface area contributed by atoms with Crippen LogP contribution in [0.4, 0.5) is 0 Å². The van der Waals surface area contributed by atoms with Gasteiger partial charge in [-0.25, -0.2) is 0 Å². The largest absolute Gasteiger partial charge is 0.496 e. The topological polar surface area (TPSA) is 35.5 Å². The summed E-state index contributed by atoms with van der Waals surface area (Å²) in [5.41, 5.74) is 2.79. The Morgan fingerprint density at radius 3 is 2.59 bits per heavy atom. The molecule has 0 aliphatic carbocycles. The van der Waals surface area contributed by atoms with E-state index in [1.807, 2.05) is 19.1 Å². The van der Waals surface area contributed by atoms with Gasteiger partial charge in [0.25, 0.3) is 0 Å². The molecule has 0 fully saturated rings. The molecule has 0 radical (unpaired) electrons. The summed E-state index contributed by atoms with van der Waals surface area (Å²) in [5.74, 6) is 0.905. The lowest BCUT2D eigenvalue weighted by Crippen LogP contribution is -2.09. The van der Waals surface area contributed by atoms with E-state index in [4.69, 9.17) is 21.1 Å². The summed E-state index contributed by atoms with van der Waals surface area (Å²) in [5, 5.41) is 0. The minimum Gasteiger partial charge on any atom is -0.496 e. The van der Waals surface area contributed by atoms with E-state index in [9.17, 15) is 4.79 Å². The number of rotatable bonds is 5. The lowest BCUT2D eigenvalue weighted by atomic mass is 10.0. The van der Waals surface area contributed by atoms with Crippen molar-refractivity contribution in [2.24, 2.45) is 0 Å². The van der Waals surface area contributed by atoms with Crippen molar-refractivity contribution < 1.29 is 14.3 Å². The van der Waals surface area contributed by atoms with Crippen molar-refractivity contribution in [1.82, 2.24) is 0 Å². The molecule has 94 valence electrons. The van der Waals surface area contributed by atoms with Crippen molar-refractivity contribution in [2.75, 3.05) is 13.7 Å². The Morgan fingerprint density at radius 1 is 1.35 bits per heavy atom. The highest BCUT2D eigenvalue weighted by molar-refractivity contribution is 6.17. The Kier molecular flexibility index (Phi) is 5.29. The maximum absolute atomic E-state index is 11.4. The van der Waals surface area contributed by atoms with Crippen molar-refractivity contribution >= 4 is 17.6 Å². The second-order valence-electron chi connectivity index (χ2n) is 3.71. The molecule has 3 nitrogen and oxygen atoms in total. The molecule has 0 bridgehead atoms. The summed E-state index contributed by atoms with van der Waals surface area (Å²) in [6.45, 7) is 4.12. The molecule has 1 aromatic rings. The fraction of sp³-hybridized carbons (Fsp3) is 0.462. The molecule has 0 unspecified atom stereocenters. The van der Waals surface area contributed by atoms with Gasteiger partial charge in [-0.1, -0.05) is 6.07 Å². The van der Waals surface area contributed by atoms with E-state index in [0.717, 1.165) is 22.4 Å². The van der Waals surface area contributed by atoms with E-state index in [2.05, 4.69) is 0 Å². The smallest absolute Gasteiger partial charge is 0.310 e. The number of hydrogen-bond donors (Lipinski definition) is 0. The van der Waals surface area contributed by atoms with Crippen LogP contribution in [0.2, 0.25) is 0 Å². The van der Waals surface area contributed by atoms with E-state index in [1.54, 1.807) is 14.0 Å². The third-order valence-corrected chi connectivity index (χ3v) is 2.79. The zero-order chi connectivity index (χ0) is 12.8. The van der Waals surface area contributed by atoms with Crippen LogP contribution in [0, 0.1) is 6.92 Å². The van der Waals surface area contributed by atoms with Crippen LogP contribution in [0.3, 0.4) is 0 Å². The molecule has 0 N–H and O–H groups in total. The number of ether oxygens (including phenoxy) is 2. The number of hydrogen-bond acceptors (Lipinski definition) is 3. The average Bonchev–Trinajstić information content (AvgIpc) is 2.29. The van der Waals surface area contributed by atoms with Crippen LogP contribution < -0.4 is 4.74 Å². The number of carbonyl (C=O) groups is 1. The maximum atomic E-state index is 11.4. The summed E-state index contributed by atoms with van der Waals surface area (Å²) in [6, 6.07) is 3.80. The minimum atomic E-state index is -0.233. The Bertz CT molecular complexity index is 402. The first-order valence-electron chi connectivity index (χ1n) is 5.50. The molecule has 0 aliphatic heterocycles. The van der Waals surface area contributed by atoms with Gasteiger partial charge in [-0.15, -0.1) is 11.6 Å². The van der Waals surface area contributed by atoms with Gasteiger partial charge < -0.3 is 9.47 Å². The predicted molar refractivity (Wildman–Crippen MR) is 67.6 cm³/mol. The Balaban J connectivity index is 2.98. The van der Waals surface area contributed by atoms with Crippen LogP contribution in [0.5, 0.6) is 5.75 Å². The molecule has 0 amide bonds. The van der Waals surface area contributed by atoms with Gasteiger partial charge in [-0.05, 0) is 36.6 Å². The molecule has 1 aromatic carbocycles. The zero-order valence-electron chi connectivity index (χ0n) is 10.4. The summed E-state index contributed by atoms with van der Waals surface area (Å²) < 4.78 is 10.1. The summed E-state index contributed by atoms with van der Waals surface area (Å²) in [7, 11) is 1.62. The molecule has 0 saturated carbocycles. The fourth-order valence-electron chi connectivity index (χ4n) is 1.67. The van der Waals surface area contributed by atoms with Crippen molar-refractivity contribution in [1.29, 1.82) is 0 Å². The molecule has 4 heteroatoms. The first kappa shape index (κ1) is 13.8. The summed E-state index contributed by atoms with van der Waals surface area (Å²) in [4.78, 5) is 11.4. The van der Waals surface area contributed by atoms with E-state index < -0.39 is 0 Å². The number of halogens is 1. The van der Waals surface area contributed by atoms with Gasteiger partial charge in [0.05, 0.1) is 20.1 Å². The first-order valence-corrected chi connectivity index (χ1v) is 6.03. The van der Waals surface area contributed by atoms with Crippen molar-refractivity contribution in [2.45, 2.75) is 26.1 Å². The summed E-state index contributed by atoms with van der Waals surface area (Å²) in [6.07, 6.45) is 0.251. The van der Waals surface area contributed by atoms with E-state index >= 15 is 0 Å². The van der Waals surface area contributed by atoms with Crippen molar-refractivity contribution in [3.05, 3.63) is 28.8 Å². The van der Waals surface area contributed by atoms with Crippen LogP contribution in [-0.2, 0) is 21.8 Å². The zero-order valence-corrected chi connectivity index (χ0v) is 11.1. The number of methoxy groups -OCH3 is 1. The van der Waals surface area contributed by atoms with Gasteiger partial charge in [-0.2, -0.15) is 0 Å². The molecule has 0 heterocycles. The van der Waals surface area contributed by atoms with Crippen LogP contribution in [0.15, 0.2) is 12.1 Å². The second-order valence-corrected chi connectivity index (χ2v) is 3.97. The molecule has 1 rings (SSSR count). The SMILES string of the molecule is CCOC(=O)Cc1cc(C)c(OC)cc1CCl. The quantitative estimate of drug-likeness (QED) is 0.600. The monoisotopic (exact) mass is 256 g/mol. The Morgan fingerprint density at radius 2 is 2.06 bits per heavy atom. The van der Waals surface area contributed by atoms with Gasteiger partial charge in [0.1, 0.15) is 5.75 Å². The Labute approximate surface area is 107 Å². The van der Waals surface area contributed by atoms with Crippen LogP contribution >= 0.6 is 11.6 Å². The number of carbonyl (C=O) groups excluding carboxylic acids is 1. The molecule has 17 heavy (non-hydrogen) atoms. The van der Waals surface area contributed by atoms with Crippen LogP contribution in [-0.4, -0.2) is 19.7 Å². The van der Waals surface area contributed by atoms with Crippen molar-refractivity contribution in [3.8, 4) is 5.75 Å². The van der Waals surface area contributed by atoms with Gasteiger partial charge in [0, 0.05) is 5.88 Å². The van der Waals surface area contributed by atoms with Crippen molar-refractivity contribution in [3.63, 3.8) is 0 Å². The van der Waals surface area contributed by atoms with E-state index in [0.29, 0.717) is 12.5 Å². The van der Waals surface area contributed by atoms with Gasteiger partial charge in [0.2, 0.25) is 0 Å². The molecular formula is C13H17ClO3. The molecule has 0 atom stereocenters. The lowest BCUT2D eigenvalue weighted by Gasteiger charge is -2.12. The number of benzene rings is 1. The number of aryl methyl sites for hydroxylation is 1. The molecular weight excluding hydrogens is 240 g/mol. The van der Waals surface area contributed by atoms with Gasteiger partial charge in [-0.3, -0.25) is 4.79 Å². The normalized spacial score (nSPS) is 10.1. The average molecular weight is 257 g/mol. The second kappa shape index (κ2) is 6.50. The highest BCUT2D eigenvalue weighted by atomic mass is 35.5. The van der Waals surface area contributed by atoms with E-state index in [1.165, 1.54) is 0 Å². The maximum Gasteiger partial charge on any atom is 0.310 e. The standard InChI is InChI=1S/C13H17ClO3/c1-4-17-13(15)7-10-5-9(2)12(16-3)6-11(10)8-14/h5-6H,4,7-8H2,1-3H3. The minimum absolute atomic E-state index is 0.233. The third kappa shape index (κ3) is 3.63. The molecule has 0 aromatic heterocycles. The highest BCUT2D eigenvalue weighted by Gasteiger charge is 2.11. The third-order valence-electron chi connectivity index (χ3n) is 2.50. The Hall–Kier alpha value is -1.22. The predicted octanol–water partition coefficient (Wildman–Crippen LogP) is 2.85. The molecule has 0 spiro atoms. The van der Waals surface area contributed by atoms with Gasteiger partial charge in [0.15, 0.2) is 0 Å². The highest BCUT2D eigenvalue weighted by Crippen LogP contribution is 2.24. The van der Waals surface area contributed by atoms with Crippen LogP contribution in [0.1, 0.15) is 23.6 Å². The molecule has 0 saturated heterocycles. The molecule has 0 aliphatic rings. The summed E-state index contributed by atoms with van der Waals surface area (Å²) >= 11 is 5.87. The van der Waals surface area contributed by atoms with Crippen LogP contribution in [0.25, 0.3) is 0 Å². The number of esters is 1. The van der Waals surface area contributed by atoms with Gasteiger partial charge >= 0.3 is 5.97 Å². The van der Waals surface area contributed by atoms with E-state index in [-0.39, 0.29) is 12.4 Å².